The largest absolute Gasteiger partial charge is 0.481 e. The lowest BCUT2D eigenvalue weighted by Gasteiger charge is -2.13. The Morgan fingerprint density at radius 3 is 2.82 bits per heavy atom. The molecule has 1 heterocycles. The molecule has 0 aliphatic heterocycles. The fourth-order valence-electron chi connectivity index (χ4n) is 1.80. The van der Waals surface area contributed by atoms with E-state index in [2.05, 4.69) is 34.5 Å². The Morgan fingerprint density at radius 2 is 2.14 bits per heavy atom. The molecule has 124 valence electrons. The zero-order valence-corrected chi connectivity index (χ0v) is 14.1. The molecule has 0 aliphatic rings. The number of aromatic nitrogens is 1. The Bertz CT molecular complexity index is 450. The third-order valence-electron chi connectivity index (χ3n) is 3.09. The van der Waals surface area contributed by atoms with E-state index in [9.17, 15) is 0 Å². The molecule has 0 saturated carbocycles. The molecule has 0 bridgehead atoms. The van der Waals surface area contributed by atoms with Gasteiger partial charge in [0.1, 0.15) is 0 Å². The van der Waals surface area contributed by atoms with Crippen LogP contribution in [0.1, 0.15) is 25.8 Å². The van der Waals surface area contributed by atoms with Gasteiger partial charge in [-0.05, 0) is 18.4 Å². The predicted molar refractivity (Wildman–Crippen MR) is 89.3 cm³/mol. The van der Waals surface area contributed by atoms with Crippen molar-refractivity contribution in [3.8, 4) is 5.88 Å². The number of nitrogens with one attached hydrogen (secondary N) is 2. The summed E-state index contributed by atoms with van der Waals surface area (Å²) in [6, 6.07) is 3.86. The summed E-state index contributed by atoms with van der Waals surface area (Å²) in [5.41, 5.74) is 0.987. The van der Waals surface area contributed by atoms with Gasteiger partial charge in [-0.3, -0.25) is 4.99 Å². The topological polar surface area (TPSA) is 67.8 Å². The maximum absolute atomic E-state index is 5.56. The molecule has 0 aliphatic carbocycles. The molecule has 2 N–H and O–H groups in total. The van der Waals surface area contributed by atoms with Crippen LogP contribution in [0.3, 0.4) is 0 Å². The Labute approximate surface area is 133 Å². The number of pyridine rings is 1. The zero-order valence-electron chi connectivity index (χ0n) is 14.1. The van der Waals surface area contributed by atoms with Gasteiger partial charge in [0.15, 0.2) is 5.96 Å². The van der Waals surface area contributed by atoms with Crippen LogP contribution < -0.4 is 15.4 Å². The number of guanidine groups is 1. The molecule has 6 nitrogen and oxygen atoms in total. The maximum Gasteiger partial charge on any atom is 0.218 e. The molecule has 0 fully saturated rings. The summed E-state index contributed by atoms with van der Waals surface area (Å²) < 4.78 is 10.8. The van der Waals surface area contributed by atoms with Gasteiger partial charge in [0.05, 0.1) is 13.7 Å². The molecular weight excluding hydrogens is 280 g/mol. The van der Waals surface area contributed by atoms with E-state index < -0.39 is 0 Å². The number of rotatable bonds is 9. The van der Waals surface area contributed by atoms with Crippen molar-refractivity contribution in [3.63, 3.8) is 0 Å². The lowest BCUT2D eigenvalue weighted by Crippen LogP contribution is -2.38. The highest BCUT2D eigenvalue weighted by Crippen LogP contribution is 2.12. The van der Waals surface area contributed by atoms with Gasteiger partial charge in [-0.15, -0.1) is 0 Å². The standard InChI is InChI=1S/C16H28N4O2/c1-13(2)7-10-22-11-9-19-16(17-3)20-12-14-6-5-8-18-15(14)21-4/h5-6,8,13H,7,9-12H2,1-4H3,(H2,17,19,20). The second-order valence-corrected chi connectivity index (χ2v) is 5.32. The van der Waals surface area contributed by atoms with E-state index in [4.69, 9.17) is 9.47 Å². The van der Waals surface area contributed by atoms with Gasteiger partial charge < -0.3 is 20.1 Å². The lowest BCUT2D eigenvalue weighted by atomic mass is 10.1. The van der Waals surface area contributed by atoms with Crippen LogP contribution in [0.2, 0.25) is 0 Å². The number of hydrogen-bond donors (Lipinski definition) is 2. The van der Waals surface area contributed by atoms with Crippen LogP contribution in [0.4, 0.5) is 0 Å². The molecular formula is C16H28N4O2. The summed E-state index contributed by atoms with van der Waals surface area (Å²) in [4.78, 5) is 8.35. The smallest absolute Gasteiger partial charge is 0.218 e. The summed E-state index contributed by atoms with van der Waals surface area (Å²) in [6.45, 7) is 7.19. The number of ether oxygens (including phenoxy) is 2. The van der Waals surface area contributed by atoms with E-state index in [0.29, 0.717) is 24.9 Å². The average Bonchev–Trinajstić information content (AvgIpc) is 2.53. The molecule has 0 spiro atoms. The number of hydrogen-bond acceptors (Lipinski definition) is 4. The van der Waals surface area contributed by atoms with Crippen LogP contribution in [-0.4, -0.2) is 44.9 Å². The van der Waals surface area contributed by atoms with Gasteiger partial charge in [0, 0.05) is 38.5 Å². The first-order chi connectivity index (χ1) is 10.7. The minimum absolute atomic E-state index is 0.602. The third kappa shape index (κ3) is 7.26. The van der Waals surface area contributed by atoms with Crippen molar-refractivity contribution in [1.29, 1.82) is 0 Å². The molecule has 1 aromatic rings. The number of methoxy groups -OCH3 is 1. The van der Waals surface area contributed by atoms with E-state index in [1.807, 2.05) is 12.1 Å². The van der Waals surface area contributed by atoms with Crippen molar-refractivity contribution in [2.75, 3.05) is 33.9 Å². The fourth-order valence-corrected chi connectivity index (χ4v) is 1.80. The van der Waals surface area contributed by atoms with Gasteiger partial charge in [0.25, 0.3) is 0 Å². The summed E-state index contributed by atoms with van der Waals surface area (Å²) in [5.74, 6) is 2.04. The van der Waals surface area contributed by atoms with E-state index in [1.54, 1.807) is 20.4 Å². The molecule has 1 rings (SSSR count). The summed E-state index contributed by atoms with van der Waals surface area (Å²) in [5, 5.41) is 6.45. The Balaban J connectivity index is 2.25. The van der Waals surface area contributed by atoms with Crippen LogP contribution >= 0.6 is 0 Å². The van der Waals surface area contributed by atoms with Crippen LogP contribution in [0, 0.1) is 5.92 Å². The minimum Gasteiger partial charge on any atom is -0.481 e. The van der Waals surface area contributed by atoms with Gasteiger partial charge >= 0.3 is 0 Å². The molecule has 0 unspecified atom stereocenters. The highest BCUT2D eigenvalue weighted by molar-refractivity contribution is 5.79. The average molecular weight is 308 g/mol. The van der Waals surface area contributed by atoms with Crippen molar-refractivity contribution in [2.24, 2.45) is 10.9 Å². The van der Waals surface area contributed by atoms with Crippen LogP contribution in [0.5, 0.6) is 5.88 Å². The van der Waals surface area contributed by atoms with E-state index in [-0.39, 0.29) is 0 Å². The summed E-state index contributed by atoms with van der Waals surface area (Å²) in [7, 11) is 3.36. The monoisotopic (exact) mass is 308 g/mol. The second kappa shape index (κ2) is 10.8. The predicted octanol–water partition coefficient (Wildman–Crippen LogP) is 1.82. The lowest BCUT2D eigenvalue weighted by molar-refractivity contribution is 0.128. The Hall–Kier alpha value is -1.82. The van der Waals surface area contributed by atoms with Gasteiger partial charge in [-0.25, -0.2) is 4.98 Å². The van der Waals surface area contributed by atoms with Crippen molar-refractivity contribution >= 4 is 5.96 Å². The molecule has 0 aromatic carbocycles. The fraction of sp³-hybridized carbons (Fsp3) is 0.625. The summed E-state index contributed by atoms with van der Waals surface area (Å²) in [6.07, 6.45) is 2.80. The molecule has 0 atom stereocenters. The Kier molecular flexibility index (Phi) is 8.98. The van der Waals surface area contributed by atoms with Crippen molar-refractivity contribution in [2.45, 2.75) is 26.8 Å². The molecule has 0 saturated heterocycles. The van der Waals surface area contributed by atoms with E-state index in [0.717, 1.165) is 31.1 Å². The first-order valence-electron chi connectivity index (χ1n) is 7.67. The van der Waals surface area contributed by atoms with Crippen molar-refractivity contribution in [3.05, 3.63) is 23.9 Å². The molecule has 1 aromatic heterocycles. The molecule has 22 heavy (non-hydrogen) atoms. The van der Waals surface area contributed by atoms with E-state index in [1.165, 1.54) is 0 Å². The molecule has 6 heteroatoms. The van der Waals surface area contributed by atoms with Gasteiger partial charge in [-0.1, -0.05) is 19.9 Å². The number of nitrogens with zero attached hydrogens (tertiary/aromatic N) is 2. The minimum atomic E-state index is 0.602. The Morgan fingerprint density at radius 1 is 1.32 bits per heavy atom. The van der Waals surface area contributed by atoms with Crippen LogP contribution in [0.25, 0.3) is 0 Å². The van der Waals surface area contributed by atoms with Gasteiger partial charge in [0.2, 0.25) is 5.88 Å². The summed E-state index contributed by atoms with van der Waals surface area (Å²) >= 11 is 0. The highest BCUT2D eigenvalue weighted by atomic mass is 16.5. The van der Waals surface area contributed by atoms with E-state index >= 15 is 0 Å². The third-order valence-corrected chi connectivity index (χ3v) is 3.09. The molecule has 0 amide bonds. The quantitative estimate of drug-likeness (QED) is 0.414. The van der Waals surface area contributed by atoms with Crippen molar-refractivity contribution < 1.29 is 9.47 Å². The highest BCUT2D eigenvalue weighted by Gasteiger charge is 2.04. The van der Waals surface area contributed by atoms with Crippen LogP contribution in [-0.2, 0) is 11.3 Å². The number of aliphatic imine (C=N–C) groups is 1. The van der Waals surface area contributed by atoms with Crippen LogP contribution in [0.15, 0.2) is 23.3 Å². The van der Waals surface area contributed by atoms with Gasteiger partial charge in [-0.2, -0.15) is 0 Å². The normalized spacial score (nSPS) is 11.6. The zero-order chi connectivity index (χ0) is 16.2. The molecule has 0 radical (unpaired) electrons. The SMILES string of the molecule is CN=C(NCCOCCC(C)C)NCc1cccnc1OC. The first-order valence-corrected chi connectivity index (χ1v) is 7.67. The van der Waals surface area contributed by atoms with Crippen molar-refractivity contribution in [1.82, 2.24) is 15.6 Å². The maximum atomic E-state index is 5.56. The first kappa shape index (κ1) is 18.2. The second-order valence-electron chi connectivity index (χ2n) is 5.32.